The Kier molecular flexibility index (Phi) is 4.86. The van der Waals surface area contributed by atoms with Gasteiger partial charge in [0.2, 0.25) is 0 Å². The normalized spacial score (nSPS) is 22.0. The van der Waals surface area contributed by atoms with E-state index in [4.69, 9.17) is 0 Å². The highest BCUT2D eigenvalue weighted by Gasteiger charge is 2.19. The van der Waals surface area contributed by atoms with E-state index in [9.17, 15) is 0 Å². The molecule has 66 valence electrons. The second kappa shape index (κ2) is 5.13. The Labute approximate surface area is 68.8 Å². The fourth-order valence-corrected chi connectivity index (χ4v) is 0.903. The minimum Gasteiger partial charge on any atom is -0.299 e. The Balaban J connectivity index is 0.000000461. The van der Waals surface area contributed by atoms with Crippen LogP contribution in [0.1, 0.15) is 34.6 Å². The molecule has 1 aliphatic heterocycles. The summed E-state index contributed by atoms with van der Waals surface area (Å²) in [6, 6.07) is 0.282. The SMILES string of the molecule is CC.CC(C)C1=NONC1C. The molecular weight excluding hydrogens is 140 g/mol. The zero-order chi connectivity index (χ0) is 8.85. The molecule has 0 spiro atoms. The van der Waals surface area contributed by atoms with Gasteiger partial charge in [-0.1, -0.05) is 32.9 Å². The number of oxime groups is 1. The molecule has 0 bridgehead atoms. The third kappa shape index (κ3) is 2.89. The molecule has 0 aliphatic carbocycles. The molecule has 1 N–H and O–H groups in total. The van der Waals surface area contributed by atoms with E-state index in [-0.39, 0.29) is 6.04 Å². The second-order valence-electron chi connectivity index (χ2n) is 2.60. The van der Waals surface area contributed by atoms with Crippen molar-refractivity contribution in [1.29, 1.82) is 0 Å². The number of nitrogens with one attached hydrogen (secondary N) is 1. The lowest BCUT2D eigenvalue weighted by molar-refractivity contribution is 0.0629. The lowest BCUT2D eigenvalue weighted by Gasteiger charge is -2.05. The molecule has 0 aromatic carbocycles. The van der Waals surface area contributed by atoms with Crippen molar-refractivity contribution in [3.05, 3.63) is 0 Å². The minimum absolute atomic E-state index is 0.282. The predicted octanol–water partition coefficient (Wildman–Crippen LogP) is 1.95. The van der Waals surface area contributed by atoms with Gasteiger partial charge in [0, 0.05) is 0 Å². The number of rotatable bonds is 1. The predicted molar refractivity (Wildman–Crippen MR) is 47.3 cm³/mol. The molecule has 11 heavy (non-hydrogen) atoms. The maximum Gasteiger partial charge on any atom is 0.0843 e. The molecule has 1 unspecified atom stereocenters. The third-order valence-corrected chi connectivity index (χ3v) is 1.42. The molecule has 0 amide bonds. The first-order chi connectivity index (χ1) is 5.22. The van der Waals surface area contributed by atoms with Gasteiger partial charge >= 0.3 is 0 Å². The first kappa shape index (κ1) is 10.4. The molecule has 0 saturated heterocycles. The van der Waals surface area contributed by atoms with Crippen LogP contribution in [0.25, 0.3) is 0 Å². The first-order valence-corrected chi connectivity index (χ1v) is 4.21. The van der Waals surface area contributed by atoms with E-state index in [1.165, 1.54) is 0 Å². The summed E-state index contributed by atoms with van der Waals surface area (Å²) in [6.07, 6.45) is 0. The van der Waals surface area contributed by atoms with Crippen LogP contribution in [0.3, 0.4) is 0 Å². The molecule has 0 aromatic rings. The number of hydrogen-bond donors (Lipinski definition) is 1. The summed E-state index contributed by atoms with van der Waals surface area (Å²) in [4.78, 5) is 4.67. The summed E-state index contributed by atoms with van der Waals surface area (Å²) in [5, 5.41) is 3.82. The van der Waals surface area contributed by atoms with Crippen LogP contribution < -0.4 is 5.48 Å². The summed E-state index contributed by atoms with van der Waals surface area (Å²) < 4.78 is 0. The van der Waals surface area contributed by atoms with Crippen LogP contribution in [0.15, 0.2) is 5.16 Å². The lowest BCUT2D eigenvalue weighted by Crippen LogP contribution is -2.28. The van der Waals surface area contributed by atoms with Gasteiger partial charge in [0.25, 0.3) is 0 Å². The van der Waals surface area contributed by atoms with E-state index >= 15 is 0 Å². The van der Waals surface area contributed by atoms with Crippen molar-refractivity contribution in [3.63, 3.8) is 0 Å². The number of hydrogen-bond acceptors (Lipinski definition) is 3. The van der Waals surface area contributed by atoms with Gasteiger partial charge in [-0.2, -0.15) is 0 Å². The fourth-order valence-electron chi connectivity index (χ4n) is 0.903. The average Bonchev–Trinajstić information content (AvgIpc) is 2.39. The van der Waals surface area contributed by atoms with Crippen LogP contribution in [0.2, 0.25) is 0 Å². The van der Waals surface area contributed by atoms with Crippen molar-refractivity contribution < 1.29 is 4.94 Å². The lowest BCUT2D eigenvalue weighted by atomic mass is 10.0. The molecule has 1 rings (SSSR count). The average molecular weight is 158 g/mol. The van der Waals surface area contributed by atoms with E-state index < -0.39 is 0 Å². The Morgan fingerprint density at radius 2 is 2.00 bits per heavy atom. The van der Waals surface area contributed by atoms with Gasteiger partial charge in [0.1, 0.15) is 0 Å². The van der Waals surface area contributed by atoms with Crippen LogP contribution in [-0.4, -0.2) is 11.8 Å². The summed E-state index contributed by atoms with van der Waals surface area (Å²) in [6.45, 7) is 10.2. The molecule has 0 radical (unpaired) electrons. The zero-order valence-electron chi connectivity index (χ0n) is 8.01. The van der Waals surface area contributed by atoms with Gasteiger partial charge in [-0.15, -0.1) is 5.48 Å². The molecule has 3 nitrogen and oxygen atoms in total. The quantitative estimate of drug-likeness (QED) is 0.632. The molecule has 1 heterocycles. The van der Waals surface area contributed by atoms with E-state index in [0.29, 0.717) is 5.92 Å². The second-order valence-corrected chi connectivity index (χ2v) is 2.60. The summed E-state index contributed by atoms with van der Waals surface area (Å²) in [7, 11) is 0. The van der Waals surface area contributed by atoms with Gasteiger partial charge in [0.05, 0.1) is 11.8 Å². The van der Waals surface area contributed by atoms with Crippen molar-refractivity contribution in [1.82, 2.24) is 5.48 Å². The van der Waals surface area contributed by atoms with Crippen molar-refractivity contribution in [3.8, 4) is 0 Å². The molecule has 1 aliphatic rings. The maximum absolute atomic E-state index is 4.67. The smallest absolute Gasteiger partial charge is 0.0843 e. The standard InChI is InChI=1S/C6H12N2O.C2H6/c1-4(2)6-5(3)7-9-8-6;1-2/h4-5,7H,1-3H3;1-2H3. The highest BCUT2D eigenvalue weighted by atomic mass is 16.8. The van der Waals surface area contributed by atoms with E-state index in [1.54, 1.807) is 0 Å². The van der Waals surface area contributed by atoms with E-state index in [0.717, 1.165) is 5.71 Å². The van der Waals surface area contributed by atoms with E-state index in [2.05, 4.69) is 29.4 Å². The molecule has 3 heteroatoms. The first-order valence-electron chi connectivity index (χ1n) is 4.21. The molecule has 0 saturated carbocycles. The van der Waals surface area contributed by atoms with Crippen LogP contribution >= 0.6 is 0 Å². The Bertz CT molecular complexity index is 132. The molecule has 1 atom stereocenters. The summed E-state index contributed by atoms with van der Waals surface area (Å²) >= 11 is 0. The third-order valence-electron chi connectivity index (χ3n) is 1.42. The van der Waals surface area contributed by atoms with Gasteiger partial charge in [-0.05, 0) is 12.8 Å². The minimum atomic E-state index is 0.282. The molecule has 0 fully saturated rings. The van der Waals surface area contributed by atoms with Crippen molar-refractivity contribution >= 4 is 5.71 Å². The van der Waals surface area contributed by atoms with Crippen LogP contribution in [0.5, 0.6) is 0 Å². The van der Waals surface area contributed by atoms with Crippen molar-refractivity contribution in [2.45, 2.75) is 40.7 Å². The Hall–Kier alpha value is -0.570. The van der Waals surface area contributed by atoms with Crippen LogP contribution in [-0.2, 0) is 4.94 Å². The van der Waals surface area contributed by atoms with Crippen molar-refractivity contribution in [2.75, 3.05) is 0 Å². The van der Waals surface area contributed by atoms with Crippen LogP contribution in [0.4, 0.5) is 0 Å². The van der Waals surface area contributed by atoms with Gasteiger partial charge < -0.3 is 0 Å². The summed E-state index contributed by atoms with van der Waals surface area (Å²) in [5.74, 6) is 0.481. The van der Waals surface area contributed by atoms with Crippen molar-refractivity contribution in [2.24, 2.45) is 11.1 Å². The fraction of sp³-hybridized carbons (Fsp3) is 0.875. The molecule has 0 aromatic heterocycles. The monoisotopic (exact) mass is 158 g/mol. The summed E-state index contributed by atoms with van der Waals surface area (Å²) in [5.41, 5.74) is 3.84. The number of hydroxylamine groups is 1. The highest BCUT2D eigenvalue weighted by Crippen LogP contribution is 2.06. The largest absolute Gasteiger partial charge is 0.299 e. The number of nitrogens with zero attached hydrogens (tertiary/aromatic N) is 1. The topological polar surface area (TPSA) is 33.6 Å². The molecular formula is C8H18N2O. The van der Waals surface area contributed by atoms with Crippen LogP contribution in [0, 0.1) is 5.92 Å². The van der Waals surface area contributed by atoms with Gasteiger partial charge in [-0.3, -0.25) is 4.94 Å². The zero-order valence-corrected chi connectivity index (χ0v) is 8.01. The van der Waals surface area contributed by atoms with E-state index in [1.807, 2.05) is 20.8 Å². The van der Waals surface area contributed by atoms with Gasteiger partial charge in [-0.25, -0.2) is 0 Å². The Morgan fingerprint density at radius 1 is 1.45 bits per heavy atom. The Morgan fingerprint density at radius 3 is 2.18 bits per heavy atom. The maximum atomic E-state index is 4.67. The van der Waals surface area contributed by atoms with Gasteiger partial charge in [0.15, 0.2) is 0 Å². The highest BCUT2D eigenvalue weighted by molar-refractivity contribution is 5.90.